The van der Waals surface area contributed by atoms with Crippen molar-refractivity contribution in [3.05, 3.63) is 46.5 Å². The molecule has 0 aliphatic carbocycles. The van der Waals surface area contributed by atoms with Gasteiger partial charge in [-0.3, -0.25) is 4.90 Å². The molecule has 2 aromatic carbocycles. The van der Waals surface area contributed by atoms with Crippen LogP contribution in [-0.4, -0.2) is 53.0 Å². The second-order valence-electron chi connectivity index (χ2n) is 10.2. The molecule has 3 aliphatic rings. The molecule has 5 rings (SSSR count). The van der Waals surface area contributed by atoms with Gasteiger partial charge in [-0.2, -0.15) is 0 Å². The summed E-state index contributed by atoms with van der Waals surface area (Å²) in [7, 11) is 6.90. The zero-order valence-corrected chi connectivity index (χ0v) is 21.9. The van der Waals surface area contributed by atoms with Crippen LogP contribution < -0.4 is 24.3 Å². The van der Waals surface area contributed by atoms with Crippen molar-refractivity contribution in [3.63, 3.8) is 0 Å². The fraction of sp³-hybridized carbons (Fsp3) is 0.586. The van der Waals surface area contributed by atoms with Crippen LogP contribution in [0.15, 0.2) is 24.3 Å². The van der Waals surface area contributed by atoms with Crippen molar-refractivity contribution in [2.75, 3.05) is 48.1 Å². The molecule has 2 aromatic rings. The van der Waals surface area contributed by atoms with Crippen LogP contribution in [-0.2, 0) is 12.8 Å². The first-order valence-electron chi connectivity index (χ1n) is 13.1. The van der Waals surface area contributed by atoms with Gasteiger partial charge in [0.15, 0.2) is 23.0 Å². The van der Waals surface area contributed by atoms with E-state index in [2.05, 4.69) is 41.4 Å². The molecule has 190 valence electrons. The van der Waals surface area contributed by atoms with E-state index in [4.69, 9.17) is 18.9 Å². The van der Waals surface area contributed by atoms with E-state index < -0.39 is 0 Å². The predicted molar refractivity (Wildman–Crippen MR) is 138 cm³/mol. The van der Waals surface area contributed by atoms with Gasteiger partial charge in [-0.05, 0) is 90.6 Å². The molecule has 6 nitrogen and oxygen atoms in total. The van der Waals surface area contributed by atoms with Crippen molar-refractivity contribution < 1.29 is 18.9 Å². The highest BCUT2D eigenvalue weighted by Crippen LogP contribution is 2.48. The SMILES string of the molecule is CC[C@@H]1CN2CCc3cc(OC)c(OC)cc3[C@@H]2C[C@@H]1C[C@H]1NCCc2cc(OC)c(OC)cc21. The highest BCUT2D eigenvalue weighted by molar-refractivity contribution is 5.50. The number of hydrogen-bond donors (Lipinski definition) is 1. The molecule has 1 N–H and O–H groups in total. The number of methoxy groups -OCH3 is 4. The van der Waals surface area contributed by atoms with Gasteiger partial charge >= 0.3 is 0 Å². The molecule has 4 atom stereocenters. The molecule has 0 amide bonds. The van der Waals surface area contributed by atoms with Gasteiger partial charge < -0.3 is 24.3 Å². The summed E-state index contributed by atoms with van der Waals surface area (Å²) in [6.45, 7) is 5.66. The first-order valence-corrected chi connectivity index (χ1v) is 13.1. The third-order valence-corrected chi connectivity index (χ3v) is 8.64. The average molecular weight is 481 g/mol. The van der Waals surface area contributed by atoms with E-state index in [0.29, 0.717) is 23.9 Å². The molecule has 0 saturated carbocycles. The van der Waals surface area contributed by atoms with Crippen molar-refractivity contribution in [3.8, 4) is 23.0 Å². The van der Waals surface area contributed by atoms with Gasteiger partial charge in [-0.1, -0.05) is 13.3 Å². The maximum Gasteiger partial charge on any atom is 0.161 e. The number of nitrogens with one attached hydrogen (secondary N) is 1. The number of piperidine rings is 1. The summed E-state index contributed by atoms with van der Waals surface area (Å²) in [5.74, 6) is 4.69. The first kappa shape index (κ1) is 24.3. The van der Waals surface area contributed by atoms with Gasteiger partial charge in [0.2, 0.25) is 0 Å². The van der Waals surface area contributed by atoms with Crippen molar-refractivity contribution in [2.24, 2.45) is 11.8 Å². The van der Waals surface area contributed by atoms with Gasteiger partial charge in [0.05, 0.1) is 28.4 Å². The van der Waals surface area contributed by atoms with Crippen molar-refractivity contribution in [2.45, 2.75) is 51.1 Å². The maximum absolute atomic E-state index is 5.68. The minimum atomic E-state index is 0.345. The topological polar surface area (TPSA) is 52.2 Å². The van der Waals surface area contributed by atoms with E-state index in [1.807, 2.05) is 0 Å². The smallest absolute Gasteiger partial charge is 0.161 e. The Bertz CT molecular complexity index is 1050. The molecule has 1 fully saturated rings. The Hall–Kier alpha value is -2.44. The van der Waals surface area contributed by atoms with Crippen LogP contribution in [0.5, 0.6) is 23.0 Å². The number of fused-ring (bicyclic) bond motifs is 4. The lowest BCUT2D eigenvalue weighted by atomic mass is 9.72. The summed E-state index contributed by atoms with van der Waals surface area (Å²) in [5, 5.41) is 3.83. The molecule has 1 saturated heterocycles. The number of hydrogen-bond acceptors (Lipinski definition) is 6. The van der Waals surface area contributed by atoms with Crippen molar-refractivity contribution in [1.29, 1.82) is 0 Å². The van der Waals surface area contributed by atoms with E-state index >= 15 is 0 Å². The zero-order valence-electron chi connectivity index (χ0n) is 21.9. The molecule has 0 aromatic heterocycles. The van der Waals surface area contributed by atoms with E-state index in [1.54, 1.807) is 28.4 Å². The van der Waals surface area contributed by atoms with Gasteiger partial charge in [0.25, 0.3) is 0 Å². The van der Waals surface area contributed by atoms with Crippen LogP contribution in [0.1, 0.15) is 60.5 Å². The minimum Gasteiger partial charge on any atom is -0.493 e. The van der Waals surface area contributed by atoms with Crippen LogP contribution in [0.3, 0.4) is 0 Å². The lowest BCUT2D eigenvalue weighted by Gasteiger charge is -2.48. The third-order valence-electron chi connectivity index (χ3n) is 8.64. The Morgan fingerprint density at radius 2 is 1.40 bits per heavy atom. The van der Waals surface area contributed by atoms with E-state index in [1.165, 1.54) is 41.6 Å². The molecule has 6 heteroatoms. The second-order valence-corrected chi connectivity index (χ2v) is 10.2. The van der Waals surface area contributed by atoms with E-state index in [0.717, 1.165) is 55.4 Å². The highest BCUT2D eigenvalue weighted by atomic mass is 16.5. The van der Waals surface area contributed by atoms with Crippen LogP contribution >= 0.6 is 0 Å². The lowest BCUT2D eigenvalue weighted by molar-refractivity contribution is 0.0434. The van der Waals surface area contributed by atoms with Gasteiger partial charge in [0, 0.05) is 25.2 Å². The molecule has 0 spiro atoms. The third kappa shape index (κ3) is 4.47. The fourth-order valence-corrected chi connectivity index (χ4v) is 6.74. The molecule has 3 heterocycles. The van der Waals surface area contributed by atoms with Crippen LogP contribution in [0.25, 0.3) is 0 Å². The normalized spacial score (nSPS) is 25.7. The van der Waals surface area contributed by atoms with E-state index in [-0.39, 0.29) is 0 Å². The molecule has 35 heavy (non-hydrogen) atoms. The Balaban J connectivity index is 1.43. The molecule has 3 aliphatic heterocycles. The highest BCUT2D eigenvalue weighted by Gasteiger charge is 2.40. The van der Waals surface area contributed by atoms with Crippen LogP contribution in [0.4, 0.5) is 0 Å². The average Bonchev–Trinajstić information content (AvgIpc) is 2.91. The maximum atomic E-state index is 5.68. The predicted octanol–water partition coefficient (Wildman–Crippen LogP) is 4.94. The molecular formula is C29H40N2O4. The lowest BCUT2D eigenvalue weighted by Crippen LogP contribution is -2.46. The summed E-state index contributed by atoms with van der Waals surface area (Å²) in [4.78, 5) is 2.72. The Labute approximate surface area is 209 Å². The molecule has 0 radical (unpaired) electrons. The zero-order chi connectivity index (χ0) is 24.5. The molecule has 0 bridgehead atoms. The summed E-state index contributed by atoms with van der Waals surface area (Å²) in [6.07, 6.45) is 5.65. The van der Waals surface area contributed by atoms with Gasteiger partial charge in [-0.25, -0.2) is 0 Å². The Morgan fingerprint density at radius 3 is 2.03 bits per heavy atom. The number of benzene rings is 2. The van der Waals surface area contributed by atoms with Crippen molar-refractivity contribution in [1.82, 2.24) is 10.2 Å². The monoisotopic (exact) mass is 480 g/mol. The largest absolute Gasteiger partial charge is 0.493 e. The minimum absolute atomic E-state index is 0.345. The van der Waals surface area contributed by atoms with Crippen LogP contribution in [0, 0.1) is 11.8 Å². The first-order chi connectivity index (χ1) is 17.1. The summed E-state index contributed by atoms with van der Waals surface area (Å²) in [5.41, 5.74) is 5.60. The van der Waals surface area contributed by atoms with Crippen LogP contribution in [0.2, 0.25) is 0 Å². The standard InChI is InChI=1S/C29H40N2O4/c1-6-18-17-31-10-8-20-14-27(33-3)29(35-5)16-23(20)25(31)12-21(18)11-24-22-15-28(34-4)26(32-2)13-19(22)7-9-30-24/h13-16,18,21,24-25,30H,6-12,17H2,1-5H3/t18-,21+,24-,25+/m1/s1. The second kappa shape index (κ2) is 10.3. The van der Waals surface area contributed by atoms with Gasteiger partial charge in [0.1, 0.15) is 0 Å². The van der Waals surface area contributed by atoms with Gasteiger partial charge in [-0.15, -0.1) is 0 Å². The summed E-state index contributed by atoms with van der Waals surface area (Å²) in [6, 6.07) is 9.61. The fourth-order valence-electron chi connectivity index (χ4n) is 6.74. The Morgan fingerprint density at radius 1 is 0.800 bits per heavy atom. The quantitative estimate of drug-likeness (QED) is 0.606. The number of nitrogens with zero attached hydrogens (tertiary/aromatic N) is 1. The van der Waals surface area contributed by atoms with Crippen molar-refractivity contribution >= 4 is 0 Å². The summed E-state index contributed by atoms with van der Waals surface area (Å²) >= 11 is 0. The molecule has 0 unspecified atom stereocenters. The van der Waals surface area contributed by atoms with E-state index in [9.17, 15) is 0 Å². The Kier molecular flexibility index (Phi) is 7.12. The number of rotatable bonds is 7. The summed E-state index contributed by atoms with van der Waals surface area (Å²) < 4.78 is 22.5. The number of ether oxygens (including phenoxy) is 4. The molecular weight excluding hydrogens is 440 g/mol.